The summed E-state index contributed by atoms with van der Waals surface area (Å²) in [7, 11) is -4.26. The molecule has 0 spiro atoms. The summed E-state index contributed by atoms with van der Waals surface area (Å²) < 4.78 is 28.8. The predicted octanol–water partition coefficient (Wildman–Crippen LogP) is 3.17. The van der Waals surface area contributed by atoms with E-state index in [2.05, 4.69) is 10.6 Å². The standard InChI is InChI=1S/C27H29N3O4S/c1-20-14-16-23(17-15-20)35(33,34)30(25(31)19-29-27(32)24-13-8-18-28-24)26(21-9-4-2-5-10-21)22-11-6-3-7-12-22/h2-7,9-12,14-17,24,26,28H,8,13,18-19H2,1H3,(H,29,32)/t24-/m0/s1. The number of benzene rings is 3. The van der Waals surface area contributed by atoms with Crippen LogP contribution >= 0.6 is 0 Å². The molecule has 35 heavy (non-hydrogen) atoms. The maximum absolute atomic E-state index is 14.0. The van der Waals surface area contributed by atoms with E-state index in [4.69, 9.17) is 0 Å². The van der Waals surface area contributed by atoms with Gasteiger partial charge >= 0.3 is 0 Å². The number of hydrogen-bond donors (Lipinski definition) is 2. The normalized spacial score (nSPS) is 15.7. The number of nitrogens with zero attached hydrogens (tertiary/aromatic N) is 1. The highest BCUT2D eigenvalue weighted by atomic mass is 32.2. The summed E-state index contributed by atoms with van der Waals surface area (Å²) in [6, 6.07) is 23.2. The number of aryl methyl sites for hydroxylation is 1. The summed E-state index contributed by atoms with van der Waals surface area (Å²) >= 11 is 0. The van der Waals surface area contributed by atoms with Crippen LogP contribution in [-0.4, -0.2) is 43.7 Å². The first-order chi connectivity index (χ1) is 16.9. The van der Waals surface area contributed by atoms with E-state index in [0.29, 0.717) is 17.5 Å². The smallest absolute Gasteiger partial charge is 0.267 e. The van der Waals surface area contributed by atoms with Gasteiger partial charge in [-0.25, -0.2) is 12.7 Å². The summed E-state index contributed by atoms with van der Waals surface area (Å²) in [5.41, 5.74) is 2.19. The van der Waals surface area contributed by atoms with Gasteiger partial charge in [0.2, 0.25) is 5.91 Å². The minimum Gasteiger partial charge on any atom is -0.346 e. The molecule has 4 rings (SSSR count). The molecule has 0 saturated carbocycles. The second kappa shape index (κ2) is 10.8. The molecule has 1 fully saturated rings. The lowest BCUT2D eigenvalue weighted by Crippen LogP contribution is -2.48. The lowest BCUT2D eigenvalue weighted by atomic mass is 9.98. The van der Waals surface area contributed by atoms with Crippen molar-refractivity contribution in [2.24, 2.45) is 0 Å². The first-order valence-electron chi connectivity index (χ1n) is 11.6. The molecule has 0 aromatic heterocycles. The Morgan fingerprint density at radius 3 is 2.03 bits per heavy atom. The highest BCUT2D eigenvalue weighted by Gasteiger charge is 2.38. The Balaban J connectivity index is 1.76. The van der Waals surface area contributed by atoms with Crippen LogP contribution in [0.4, 0.5) is 0 Å². The summed E-state index contributed by atoms with van der Waals surface area (Å²) in [6.45, 7) is 2.17. The molecular weight excluding hydrogens is 462 g/mol. The molecular formula is C27H29N3O4S. The third kappa shape index (κ3) is 5.61. The van der Waals surface area contributed by atoms with E-state index in [9.17, 15) is 18.0 Å². The monoisotopic (exact) mass is 491 g/mol. The van der Waals surface area contributed by atoms with E-state index in [0.717, 1.165) is 22.8 Å². The zero-order valence-corrected chi connectivity index (χ0v) is 20.4. The largest absolute Gasteiger partial charge is 0.346 e. The van der Waals surface area contributed by atoms with E-state index >= 15 is 0 Å². The highest BCUT2D eigenvalue weighted by molar-refractivity contribution is 7.89. The van der Waals surface area contributed by atoms with Crippen LogP contribution in [0.15, 0.2) is 89.8 Å². The van der Waals surface area contributed by atoms with E-state index in [1.165, 1.54) is 12.1 Å². The lowest BCUT2D eigenvalue weighted by Gasteiger charge is -2.32. The Kier molecular flexibility index (Phi) is 7.63. The van der Waals surface area contributed by atoms with Gasteiger partial charge < -0.3 is 10.6 Å². The molecule has 2 amide bonds. The number of sulfonamides is 1. The van der Waals surface area contributed by atoms with Gasteiger partial charge in [-0.15, -0.1) is 0 Å². The topological polar surface area (TPSA) is 95.6 Å². The van der Waals surface area contributed by atoms with E-state index < -0.39 is 28.5 Å². The van der Waals surface area contributed by atoms with Crippen LogP contribution in [0.25, 0.3) is 0 Å². The van der Waals surface area contributed by atoms with Crippen LogP contribution < -0.4 is 10.6 Å². The second-order valence-corrected chi connectivity index (χ2v) is 10.4. The fourth-order valence-electron chi connectivity index (χ4n) is 4.25. The van der Waals surface area contributed by atoms with Gasteiger partial charge in [0.25, 0.3) is 15.9 Å². The van der Waals surface area contributed by atoms with Gasteiger partial charge in [0.1, 0.15) is 0 Å². The zero-order valence-electron chi connectivity index (χ0n) is 19.6. The Bertz CT molecular complexity index is 1220. The minimum absolute atomic E-state index is 0.0112. The van der Waals surface area contributed by atoms with Gasteiger partial charge in [-0.3, -0.25) is 9.59 Å². The van der Waals surface area contributed by atoms with E-state index in [-0.39, 0.29) is 16.8 Å². The zero-order chi connectivity index (χ0) is 24.8. The molecule has 1 saturated heterocycles. The number of nitrogens with one attached hydrogen (secondary N) is 2. The Hall–Kier alpha value is -3.49. The van der Waals surface area contributed by atoms with Crippen LogP contribution in [0.3, 0.4) is 0 Å². The first-order valence-corrected chi connectivity index (χ1v) is 13.1. The average molecular weight is 492 g/mol. The molecule has 1 aliphatic heterocycles. The van der Waals surface area contributed by atoms with Crippen LogP contribution in [0.1, 0.15) is 35.6 Å². The minimum atomic E-state index is -4.26. The molecule has 1 aliphatic rings. The molecule has 1 heterocycles. The maximum atomic E-state index is 14.0. The second-order valence-electron chi connectivity index (χ2n) is 8.60. The van der Waals surface area contributed by atoms with Crippen LogP contribution in [0.2, 0.25) is 0 Å². The molecule has 0 radical (unpaired) electrons. The first kappa shape index (κ1) is 24.6. The van der Waals surface area contributed by atoms with Gasteiger partial charge in [0.15, 0.2) is 0 Å². The third-order valence-electron chi connectivity index (χ3n) is 6.08. The SMILES string of the molecule is Cc1ccc(S(=O)(=O)N(C(=O)CNC(=O)[C@@H]2CCCN2)C(c2ccccc2)c2ccccc2)cc1. The Labute approximate surface area is 206 Å². The van der Waals surface area contributed by atoms with Gasteiger partial charge in [-0.1, -0.05) is 78.4 Å². The molecule has 3 aromatic rings. The molecule has 0 unspecified atom stereocenters. The van der Waals surface area contributed by atoms with Crippen molar-refractivity contribution < 1.29 is 18.0 Å². The van der Waals surface area contributed by atoms with Crippen molar-refractivity contribution in [3.63, 3.8) is 0 Å². The van der Waals surface area contributed by atoms with E-state index in [1.807, 2.05) is 19.1 Å². The van der Waals surface area contributed by atoms with Crippen LogP contribution in [0.5, 0.6) is 0 Å². The molecule has 182 valence electrons. The van der Waals surface area contributed by atoms with Crippen molar-refractivity contribution in [2.45, 2.75) is 36.7 Å². The van der Waals surface area contributed by atoms with Gasteiger partial charge in [-0.2, -0.15) is 0 Å². The number of rotatable bonds is 8. The van der Waals surface area contributed by atoms with Crippen LogP contribution in [0, 0.1) is 6.92 Å². The molecule has 3 aromatic carbocycles. The Morgan fingerprint density at radius 1 is 0.943 bits per heavy atom. The Morgan fingerprint density at radius 2 is 1.51 bits per heavy atom. The molecule has 7 nitrogen and oxygen atoms in total. The van der Waals surface area contributed by atoms with Crippen molar-refractivity contribution in [1.82, 2.24) is 14.9 Å². The number of carbonyl (C=O) groups is 2. The van der Waals surface area contributed by atoms with Gasteiger partial charge in [0.05, 0.1) is 23.5 Å². The van der Waals surface area contributed by atoms with Crippen molar-refractivity contribution >= 4 is 21.8 Å². The fourth-order valence-corrected chi connectivity index (χ4v) is 5.81. The lowest BCUT2D eigenvalue weighted by molar-refractivity contribution is -0.130. The van der Waals surface area contributed by atoms with Gasteiger partial charge in [-0.05, 0) is 49.6 Å². The summed E-state index contributed by atoms with van der Waals surface area (Å²) in [4.78, 5) is 26.2. The molecule has 8 heteroatoms. The average Bonchev–Trinajstić information content (AvgIpc) is 3.42. The molecule has 0 aliphatic carbocycles. The number of hydrogen-bond acceptors (Lipinski definition) is 5. The predicted molar refractivity (Wildman–Crippen MR) is 134 cm³/mol. The quantitative estimate of drug-likeness (QED) is 0.505. The van der Waals surface area contributed by atoms with Crippen molar-refractivity contribution in [1.29, 1.82) is 0 Å². The van der Waals surface area contributed by atoms with Crippen molar-refractivity contribution in [2.75, 3.05) is 13.1 Å². The fraction of sp³-hybridized carbons (Fsp3) is 0.259. The third-order valence-corrected chi connectivity index (χ3v) is 7.88. The highest BCUT2D eigenvalue weighted by Crippen LogP contribution is 2.33. The number of carbonyl (C=O) groups excluding carboxylic acids is 2. The number of amides is 2. The van der Waals surface area contributed by atoms with Crippen molar-refractivity contribution in [3.8, 4) is 0 Å². The van der Waals surface area contributed by atoms with Gasteiger partial charge in [0, 0.05) is 0 Å². The molecule has 0 bridgehead atoms. The molecule has 1 atom stereocenters. The van der Waals surface area contributed by atoms with E-state index in [1.54, 1.807) is 60.7 Å². The summed E-state index contributed by atoms with van der Waals surface area (Å²) in [5, 5.41) is 5.73. The molecule has 2 N–H and O–H groups in total. The van der Waals surface area contributed by atoms with Crippen molar-refractivity contribution in [3.05, 3.63) is 102 Å². The van der Waals surface area contributed by atoms with Crippen LogP contribution in [-0.2, 0) is 19.6 Å². The maximum Gasteiger partial charge on any atom is 0.267 e. The summed E-state index contributed by atoms with van der Waals surface area (Å²) in [6.07, 6.45) is 1.56. The summed E-state index contributed by atoms with van der Waals surface area (Å²) in [5.74, 6) is -1.02.